The molecule has 1 aliphatic heterocycles. The second-order valence-corrected chi connectivity index (χ2v) is 8.51. The lowest BCUT2D eigenvalue weighted by Gasteiger charge is -2.33. The minimum absolute atomic E-state index is 0.0748. The number of hydrogen-bond acceptors (Lipinski definition) is 5. The SMILES string of the molecule is CC1=C(C(=O)Nc2cc(Cl)ccc2Cl)C(c2cncs2)C2=C(CCCC2=O)N1. The largest absolute Gasteiger partial charge is 0.362 e. The maximum atomic E-state index is 13.3. The maximum absolute atomic E-state index is 13.3. The first-order valence-corrected chi connectivity index (χ1v) is 10.5. The van der Waals surface area contributed by atoms with Gasteiger partial charge in [-0.3, -0.25) is 14.6 Å². The van der Waals surface area contributed by atoms with Crippen molar-refractivity contribution in [2.24, 2.45) is 0 Å². The van der Waals surface area contributed by atoms with Gasteiger partial charge in [-0.1, -0.05) is 23.2 Å². The molecule has 0 spiro atoms. The Labute approximate surface area is 176 Å². The van der Waals surface area contributed by atoms with E-state index in [0.717, 1.165) is 29.1 Å². The van der Waals surface area contributed by atoms with Gasteiger partial charge in [0.1, 0.15) is 0 Å². The molecule has 0 bridgehead atoms. The van der Waals surface area contributed by atoms with Crippen LogP contribution in [0, 0.1) is 0 Å². The summed E-state index contributed by atoms with van der Waals surface area (Å²) in [4.78, 5) is 31.1. The summed E-state index contributed by atoms with van der Waals surface area (Å²) in [5.41, 5.74) is 4.94. The van der Waals surface area contributed by atoms with Gasteiger partial charge in [-0.15, -0.1) is 11.3 Å². The van der Waals surface area contributed by atoms with Gasteiger partial charge in [-0.2, -0.15) is 0 Å². The van der Waals surface area contributed by atoms with E-state index in [-0.39, 0.29) is 11.7 Å². The van der Waals surface area contributed by atoms with Crippen molar-refractivity contribution in [3.63, 3.8) is 0 Å². The molecule has 1 aliphatic carbocycles. The van der Waals surface area contributed by atoms with Crippen molar-refractivity contribution in [3.8, 4) is 0 Å². The van der Waals surface area contributed by atoms with Crippen LogP contribution in [-0.2, 0) is 9.59 Å². The number of carbonyl (C=O) groups is 2. The van der Waals surface area contributed by atoms with Crippen LogP contribution in [0.3, 0.4) is 0 Å². The van der Waals surface area contributed by atoms with Crippen LogP contribution in [0.15, 0.2) is 52.4 Å². The molecular formula is C20H17Cl2N3O2S. The highest BCUT2D eigenvalue weighted by molar-refractivity contribution is 7.09. The zero-order valence-electron chi connectivity index (χ0n) is 15.0. The number of ketones is 1. The van der Waals surface area contributed by atoms with E-state index in [0.29, 0.717) is 33.3 Å². The van der Waals surface area contributed by atoms with Crippen molar-refractivity contribution in [2.45, 2.75) is 32.1 Å². The predicted molar refractivity (Wildman–Crippen MR) is 112 cm³/mol. The molecule has 8 heteroatoms. The number of thiazole rings is 1. The number of benzene rings is 1. The summed E-state index contributed by atoms with van der Waals surface area (Å²) in [6.45, 7) is 1.85. The molecule has 28 heavy (non-hydrogen) atoms. The first-order valence-electron chi connectivity index (χ1n) is 8.84. The Morgan fingerprint density at radius 1 is 1.32 bits per heavy atom. The van der Waals surface area contributed by atoms with Crippen LogP contribution < -0.4 is 10.6 Å². The van der Waals surface area contributed by atoms with Crippen LogP contribution in [0.2, 0.25) is 10.0 Å². The Balaban J connectivity index is 1.76. The number of amides is 1. The van der Waals surface area contributed by atoms with Crippen LogP contribution in [0.4, 0.5) is 5.69 Å². The Bertz CT molecular complexity index is 1030. The van der Waals surface area contributed by atoms with E-state index in [1.165, 1.54) is 11.3 Å². The van der Waals surface area contributed by atoms with Crippen molar-refractivity contribution in [1.29, 1.82) is 0 Å². The molecule has 1 aromatic carbocycles. The molecule has 144 valence electrons. The predicted octanol–water partition coefficient (Wildman–Crippen LogP) is 5.06. The van der Waals surface area contributed by atoms with E-state index in [9.17, 15) is 9.59 Å². The minimum atomic E-state index is -0.436. The second kappa shape index (κ2) is 7.70. The molecule has 2 N–H and O–H groups in total. The summed E-state index contributed by atoms with van der Waals surface area (Å²) >= 11 is 13.7. The van der Waals surface area contributed by atoms with E-state index in [4.69, 9.17) is 23.2 Å². The van der Waals surface area contributed by atoms with Crippen LogP contribution in [0.25, 0.3) is 0 Å². The van der Waals surface area contributed by atoms with E-state index in [1.54, 1.807) is 29.9 Å². The van der Waals surface area contributed by atoms with Gasteiger partial charge in [0.2, 0.25) is 0 Å². The van der Waals surface area contributed by atoms with Gasteiger partial charge in [0.05, 0.1) is 22.1 Å². The summed E-state index contributed by atoms with van der Waals surface area (Å²) in [6, 6.07) is 4.89. The van der Waals surface area contributed by atoms with Crippen molar-refractivity contribution in [3.05, 3.63) is 67.4 Å². The molecule has 2 heterocycles. The van der Waals surface area contributed by atoms with E-state index < -0.39 is 5.92 Å². The fraction of sp³-hybridized carbons (Fsp3) is 0.250. The highest BCUT2D eigenvalue weighted by Gasteiger charge is 2.39. The third-order valence-electron chi connectivity index (χ3n) is 4.93. The lowest BCUT2D eigenvalue weighted by molar-refractivity contribution is -0.116. The molecule has 4 rings (SSSR count). The molecule has 1 unspecified atom stereocenters. The first kappa shape index (κ1) is 19.2. The summed E-state index contributed by atoms with van der Waals surface area (Å²) in [6.07, 6.45) is 3.82. The molecule has 0 radical (unpaired) electrons. The zero-order valence-corrected chi connectivity index (χ0v) is 17.3. The number of hydrogen-bond donors (Lipinski definition) is 2. The van der Waals surface area contributed by atoms with Gasteiger partial charge in [0, 0.05) is 45.1 Å². The average Bonchev–Trinajstić information content (AvgIpc) is 3.18. The lowest BCUT2D eigenvalue weighted by atomic mass is 9.78. The Hall–Kier alpha value is -2.15. The molecule has 1 amide bonds. The standard InChI is InChI=1S/C20H17Cl2N3O2S/c1-10-17(20(27)25-14-7-11(21)5-6-12(14)22)19(16-8-23-9-28-16)18-13(24-10)3-2-4-15(18)26/h5-9,19,24H,2-4H2,1H3,(H,25,27). The quantitative estimate of drug-likeness (QED) is 0.709. The minimum Gasteiger partial charge on any atom is -0.362 e. The maximum Gasteiger partial charge on any atom is 0.254 e. The third-order valence-corrected chi connectivity index (χ3v) is 6.34. The van der Waals surface area contributed by atoms with Crippen molar-refractivity contribution in [1.82, 2.24) is 10.3 Å². The lowest BCUT2D eigenvalue weighted by Crippen LogP contribution is -2.35. The van der Waals surface area contributed by atoms with Crippen molar-refractivity contribution >= 4 is 51.9 Å². The molecular weight excluding hydrogens is 417 g/mol. The Morgan fingerprint density at radius 2 is 2.14 bits per heavy atom. The van der Waals surface area contributed by atoms with Crippen LogP contribution in [0.1, 0.15) is 37.0 Å². The second-order valence-electron chi connectivity index (χ2n) is 6.75. The number of halogens is 2. The molecule has 0 fully saturated rings. The Morgan fingerprint density at radius 3 is 2.89 bits per heavy atom. The van der Waals surface area contributed by atoms with Gasteiger partial charge < -0.3 is 10.6 Å². The highest BCUT2D eigenvalue weighted by atomic mass is 35.5. The van der Waals surface area contributed by atoms with Crippen molar-refractivity contribution < 1.29 is 9.59 Å². The summed E-state index contributed by atoms with van der Waals surface area (Å²) in [5, 5.41) is 7.00. The van der Waals surface area contributed by atoms with Crippen LogP contribution in [0.5, 0.6) is 0 Å². The fourth-order valence-electron chi connectivity index (χ4n) is 3.72. The van der Waals surface area contributed by atoms with E-state index in [1.807, 2.05) is 6.92 Å². The zero-order chi connectivity index (χ0) is 19.8. The molecule has 1 atom stereocenters. The number of aromatic nitrogens is 1. The third kappa shape index (κ3) is 3.48. The number of nitrogens with one attached hydrogen (secondary N) is 2. The van der Waals surface area contributed by atoms with E-state index in [2.05, 4.69) is 15.6 Å². The summed E-state index contributed by atoms with van der Waals surface area (Å²) in [5.74, 6) is -0.683. The highest BCUT2D eigenvalue weighted by Crippen LogP contribution is 2.43. The molecule has 1 aromatic heterocycles. The van der Waals surface area contributed by atoms with Gasteiger partial charge in [0.15, 0.2) is 5.78 Å². The van der Waals surface area contributed by atoms with Gasteiger partial charge in [-0.25, -0.2) is 0 Å². The smallest absolute Gasteiger partial charge is 0.254 e. The fourth-order valence-corrected chi connectivity index (χ4v) is 4.79. The number of allylic oxidation sites excluding steroid dienone is 3. The number of rotatable bonds is 3. The van der Waals surface area contributed by atoms with E-state index >= 15 is 0 Å². The first-order chi connectivity index (χ1) is 13.5. The van der Waals surface area contributed by atoms with Crippen LogP contribution in [-0.4, -0.2) is 16.7 Å². The molecule has 0 saturated heterocycles. The molecule has 2 aliphatic rings. The number of nitrogens with zero attached hydrogens (tertiary/aromatic N) is 1. The summed E-state index contributed by atoms with van der Waals surface area (Å²) < 4.78 is 0. The van der Waals surface area contributed by atoms with Crippen molar-refractivity contribution in [2.75, 3.05) is 5.32 Å². The molecule has 0 saturated carbocycles. The molecule has 2 aromatic rings. The van der Waals surface area contributed by atoms with Crippen LogP contribution >= 0.6 is 34.5 Å². The van der Waals surface area contributed by atoms with Gasteiger partial charge in [-0.05, 0) is 38.0 Å². The molecule has 5 nitrogen and oxygen atoms in total. The number of carbonyl (C=O) groups excluding carboxylic acids is 2. The number of anilines is 1. The summed E-state index contributed by atoms with van der Waals surface area (Å²) in [7, 11) is 0. The number of dihydropyridines is 1. The average molecular weight is 434 g/mol. The monoisotopic (exact) mass is 433 g/mol. The number of Topliss-reactive ketones (excluding diaryl/α,β-unsaturated/α-hetero) is 1. The van der Waals surface area contributed by atoms with Gasteiger partial charge in [0.25, 0.3) is 5.91 Å². The Kier molecular flexibility index (Phi) is 5.27. The van der Waals surface area contributed by atoms with Gasteiger partial charge >= 0.3 is 0 Å². The topological polar surface area (TPSA) is 71.1 Å². The normalized spacial score (nSPS) is 19.4.